The molecule has 1 aromatic heterocycles. The Bertz CT molecular complexity index is 1670. The number of fused-ring (bicyclic) bond motifs is 1. The molecule has 4 aromatic rings. The van der Waals surface area contributed by atoms with Gasteiger partial charge in [0.05, 0.1) is 9.79 Å². The van der Waals surface area contributed by atoms with Gasteiger partial charge in [-0.2, -0.15) is 0 Å². The number of benzene rings is 3. The fourth-order valence-corrected chi connectivity index (χ4v) is 6.14. The second kappa shape index (κ2) is 12.3. The normalized spacial score (nSPS) is 16.1. The fourth-order valence-electron chi connectivity index (χ4n) is 4.88. The molecule has 1 fully saturated rings. The molecule has 1 saturated heterocycles. The van der Waals surface area contributed by atoms with Gasteiger partial charge in [-0.05, 0) is 85.4 Å². The lowest BCUT2D eigenvalue weighted by atomic mass is 9.81. The largest absolute Gasteiger partial charge is 0.488 e. The van der Waals surface area contributed by atoms with E-state index < -0.39 is 26.8 Å². The summed E-state index contributed by atoms with van der Waals surface area (Å²) in [6.45, 7) is 4.64. The lowest BCUT2D eigenvalue weighted by molar-refractivity contribution is 0.271. The fraction of sp³-hybridized carbons (Fsp3) is 0.310. The number of nitrogens with one attached hydrogen (secondary N) is 1. The average molecular weight is 583 g/mol. The molecule has 0 bridgehead atoms. The molecule has 5 rings (SSSR count). The van der Waals surface area contributed by atoms with Gasteiger partial charge in [-0.15, -0.1) is 0 Å². The zero-order valence-electron chi connectivity index (χ0n) is 22.9. The minimum atomic E-state index is -3.21. The lowest BCUT2D eigenvalue weighted by Crippen LogP contribution is -2.29. The van der Waals surface area contributed by atoms with Crippen LogP contribution in [0.4, 0.5) is 0 Å². The molecular formula is C29H35BN2O6S2. The van der Waals surface area contributed by atoms with Gasteiger partial charge in [0.25, 0.3) is 0 Å². The molecule has 212 valence electrons. The standard InChI is InChI=1S/C22H26N2O2S.C7H9BO4S/c1-16-4-3-12-24(16)13-11-20-15-19-14-18(7-10-22(19)23-20)17-5-8-21(9-6-17)27(2,25)26;1-13(11,12)7-4-2-6(3-5-7)8(9)10/h5-10,14-16,23H,3-4,11-13H2,1-2H3;2-5,9-10H,1H3/t16-;/m1./s1. The smallest absolute Gasteiger partial charge is 0.423 e. The molecule has 3 N–H and O–H groups in total. The molecule has 0 amide bonds. The van der Waals surface area contributed by atoms with Crippen LogP contribution < -0.4 is 5.46 Å². The van der Waals surface area contributed by atoms with Gasteiger partial charge >= 0.3 is 7.12 Å². The predicted molar refractivity (Wildman–Crippen MR) is 160 cm³/mol. The number of aromatic amines is 1. The molecule has 0 unspecified atom stereocenters. The first-order chi connectivity index (χ1) is 18.8. The highest BCUT2D eigenvalue weighted by atomic mass is 32.2. The molecule has 2 heterocycles. The molecular weight excluding hydrogens is 547 g/mol. The summed E-state index contributed by atoms with van der Waals surface area (Å²) in [5, 5.41) is 18.6. The number of hydrogen-bond donors (Lipinski definition) is 3. The maximum Gasteiger partial charge on any atom is 0.488 e. The molecule has 1 atom stereocenters. The van der Waals surface area contributed by atoms with E-state index in [2.05, 4.69) is 41.1 Å². The number of hydrogen-bond acceptors (Lipinski definition) is 7. The van der Waals surface area contributed by atoms with E-state index in [0.29, 0.717) is 10.9 Å². The maximum atomic E-state index is 11.6. The quantitative estimate of drug-likeness (QED) is 0.286. The zero-order valence-corrected chi connectivity index (χ0v) is 24.5. The van der Waals surface area contributed by atoms with E-state index in [9.17, 15) is 16.8 Å². The van der Waals surface area contributed by atoms with E-state index in [-0.39, 0.29) is 10.4 Å². The summed E-state index contributed by atoms with van der Waals surface area (Å²) >= 11 is 0. The monoisotopic (exact) mass is 582 g/mol. The van der Waals surface area contributed by atoms with E-state index in [1.54, 1.807) is 12.1 Å². The van der Waals surface area contributed by atoms with E-state index >= 15 is 0 Å². The van der Waals surface area contributed by atoms with Crippen molar-refractivity contribution in [2.45, 2.75) is 42.0 Å². The molecule has 40 heavy (non-hydrogen) atoms. The first-order valence-electron chi connectivity index (χ1n) is 13.1. The van der Waals surface area contributed by atoms with Crippen LogP contribution in [0.5, 0.6) is 0 Å². The first kappa shape index (κ1) is 30.0. The Labute approximate surface area is 236 Å². The molecule has 8 nitrogen and oxygen atoms in total. The van der Waals surface area contributed by atoms with Gasteiger partial charge in [0.2, 0.25) is 0 Å². The predicted octanol–water partition coefficient (Wildman–Crippen LogP) is 3.04. The molecule has 0 aliphatic carbocycles. The first-order valence-corrected chi connectivity index (χ1v) is 16.9. The summed E-state index contributed by atoms with van der Waals surface area (Å²) in [6, 6.07) is 21.8. The molecule has 0 radical (unpaired) electrons. The van der Waals surface area contributed by atoms with Gasteiger partial charge in [-0.1, -0.05) is 30.3 Å². The highest BCUT2D eigenvalue weighted by Gasteiger charge is 2.19. The van der Waals surface area contributed by atoms with Crippen molar-refractivity contribution in [2.75, 3.05) is 25.6 Å². The topological polar surface area (TPSA) is 128 Å². The van der Waals surface area contributed by atoms with Gasteiger partial charge in [0.1, 0.15) is 0 Å². The van der Waals surface area contributed by atoms with Crippen LogP contribution in [0.15, 0.2) is 82.6 Å². The summed E-state index contributed by atoms with van der Waals surface area (Å²) in [4.78, 5) is 6.62. The van der Waals surface area contributed by atoms with E-state index in [0.717, 1.165) is 35.9 Å². The number of aromatic nitrogens is 1. The number of nitrogens with zero attached hydrogens (tertiary/aromatic N) is 1. The van der Waals surface area contributed by atoms with E-state index in [1.165, 1.54) is 61.0 Å². The number of rotatable bonds is 7. The summed E-state index contributed by atoms with van der Waals surface area (Å²) < 4.78 is 45.2. The van der Waals surface area contributed by atoms with E-state index in [4.69, 9.17) is 10.0 Å². The number of sulfone groups is 2. The molecule has 3 aromatic carbocycles. The second-order valence-corrected chi connectivity index (χ2v) is 14.4. The van der Waals surface area contributed by atoms with Crippen LogP contribution in [-0.2, 0) is 26.1 Å². The molecule has 0 saturated carbocycles. The van der Waals surface area contributed by atoms with Crippen LogP contribution in [0.25, 0.3) is 22.0 Å². The average Bonchev–Trinajstić information content (AvgIpc) is 3.51. The Hall–Kier alpha value is -2.96. The van der Waals surface area contributed by atoms with Gasteiger partial charge in [0, 0.05) is 48.1 Å². The summed E-state index contributed by atoms with van der Waals surface area (Å²) in [5.41, 5.74) is 4.82. The van der Waals surface area contributed by atoms with Crippen molar-refractivity contribution in [3.05, 3.63) is 78.5 Å². The Balaban J connectivity index is 0.000000240. The summed E-state index contributed by atoms with van der Waals surface area (Å²) in [7, 11) is -7.93. The molecule has 11 heteroatoms. The van der Waals surface area contributed by atoms with Gasteiger partial charge < -0.3 is 19.9 Å². The summed E-state index contributed by atoms with van der Waals surface area (Å²) in [6.07, 6.45) is 6.00. The lowest BCUT2D eigenvalue weighted by Gasteiger charge is -2.20. The third kappa shape index (κ3) is 7.61. The SMILES string of the molecule is CS(=O)(=O)c1ccc(B(O)O)cc1.C[C@@H]1CCCN1CCc1cc2cc(-c3ccc(S(C)(=O)=O)cc3)ccc2[nH]1. The minimum absolute atomic E-state index is 0.164. The highest BCUT2D eigenvalue weighted by Crippen LogP contribution is 2.26. The van der Waals surface area contributed by atoms with Crippen LogP contribution >= 0.6 is 0 Å². The van der Waals surface area contributed by atoms with Crippen LogP contribution in [0.1, 0.15) is 25.5 Å². The van der Waals surface area contributed by atoms with Crippen molar-refractivity contribution in [2.24, 2.45) is 0 Å². The molecule has 0 spiro atoms. The Morgan fingerprint density at radius 1 is 0.850 bits per heavy atom. The molecule has 1 aliphatic rings. The van der Waals surface area contributed by atoms with Crippen molar-refractivity contribution < 1.29 is 26.9 Å². The highest BCUT2D eigenvalue weighted by molar-refractivity contribution is 7.91. The summed E-state index contributed by atoms with van der Waals surface area (Å²) in [5.74, 6) is 0. The van der Waals surface area contributed by atoms with Crippen molar-refractivity contribution in [3.8, 4) is 11.1 Å². The maximum absolute atomic E-state index is 11.6. The zero-order chi connectivity index (χ0) is 29.1. The second-order valence-electron chi connectivity index (χ2n) is 10.4. The van der Waals surface area contributed by atoms with Crippen LogP contribution in [0, 0.1) is 0 Å². The number of likely N-dealkylation sites (tertiary alicyclic amines) is 1. The van der Waals surface area contributed by atoms with Gasteiger partial charge in [-0.3, -0.25) is 0 Å². The van der Waals surface area contributed by atoms with Crippen LogP contribution in [0.3, 0.4) is 0 Å². The Kier molecular flexibility index (Phi) is 9.21. The third-order valence-corrected chi connectivity index (χ3v) is 9.51. The van der Waals surface area contributed by atoms with Gasteiger partial charge in [-0.25, -0.2) is 16.8 Å². The van der Waals surface area contributed by atoms with Crippen molar-refractivity contribution in [1.82, 2.24) is 9.88 Å². The Morgan fingerprint density at radius 2 is 1.43 bits per heavy atom. The van der Waals surface area contributed by atoms with Crippen LogP contribution in [-0.4, -0.2) is 75.5 Å². The van der Waals surface area contributed by atoms with E-state index in [1.807, 2.05) is 12.1 Å². The number of H-pyrrole nitrogens is 1. The van der Waals surface area contributed by atoms with Gasteiger partial charge in [0.15, 0.2) is 19.7 Å². The van der Waals surface area contributed by atoms with Crippen molar-refractivity contribution in [3.63, 3.8) is 0 Å². The Morgan fingerprint density at radius 3 is 1.95 bits per heavy atom. The third-order valence-electron chi connectivity index (χ3n) is 7.26. The van der Waals surface area contributed by atoms with Crippen molar-refractivity contribution >= 4 is 43.2 Å². The van der Waals surface area contributed by atoms with Crippen molar-refractivity contribution in [1.29, 1.82) is 0 Å². The molecule has 1 aliphatic heterocycles. The van der Waals surface area contributed by atoms with Crippen LogP contribution in [0.2, 0.25) is 0 Å². The minimum Gasteiger partial charge on any atom is -0.423 e.